The van der Waals surface area contributed by atoms with Crippen molar-refractivity contribution in [2.24, 2.45) is 0 Å². The Labute approximate surface area is 213 Å². The van der Waals surface area contributed by atoms with Crippen molar-refractivity contribution in [2.75, 3.05) is 11.9 Å². The van der Waals surface area contributed by atoms with Gasteiger partial charge in [-0.2, -0.15) is 13.2 Å². The van der Waals surface area contributed by atoms with Crippen molar-refractivity contribution in [1.82, 2.24) is 14.5 Å². The summed E-state index contributed by atoms with van der Waals surface area (Å²) < 4.78 is 46.2. The predicted octanol–water partition coefficient (Wildman–Crippen LogP) is 5.80. The Morgan fingerprint density at radius 1 is 1.08 bits per heavy atom. The molecule has 1 aromatic heterocycles. The molecule has 1 aliphatic rings. The first kappa shape index (κ1) is 26.2. The third-order valence-electron chi connectivity index (χ3n) is 5.96. The molecule has 0 unspecified atom stereocenters. The Hall–Kier alpha value is -3.82. The summed E-state index contributed by atoms with van der Waals surface area (Å²) in [6, 6.07) is 10.5. The summed E-state index contributed by atoms with van der Waals surface area (Å²) in [5, 5.41) is 2.77. The van der Waals surface area contributed by atoms with Gasteiger partial charge in [0.25, 0.3) is 5.91 Å². The molecule has 0 fully saturated rings. The van der Waals surface area contributed by atoms with Crippen molar-refractivity contribution in [3.05, 3.63) is 82.3 Å². The number of aromatic nitrogens is 2. The molecule has 2 heterocycles. The van der Waals surface area contributed by atoms with Crippen LogP contribution in [0.25, 0.3) is 0 Å². The van der Waals surface area contributed by atoms with Crippen LogP contribution in [-0.4, -0.2) is 38.6 Å². The van der Waals surface area contributed by atoms with Crippen molar-refractivity contribution in [2.45, 2.75) is 59.0 Å². The average molecular weight is 515 g/mol. The molecule has 0 aliphatic carbocycles. The number of halogens is 3. The SMILES string of the molecule is Cc1nc(NC(=O)c2ccc3c(c2)CCN(C(=O)OC(C)(C)C)C3)cn1Cc1cccc(C(F)(F)F)c1. The molecule has 0 saturated carbocycles. The summed E-state index contributed by atoms with van der Waals surface area (Å²) in [6.07, 6.45) is -2.58. The van der Waals surface area contributed by atoms with Crippen LogP contribution in [0.3, 0.4) is 0 Å². The fourth-order valence-electron chi connectivity index (χ4n) is 4.14. The molecule has 0 radical (unpaired) electrons. The lowest BCUT2D eigenvalue weighted by atomic mass is 9.97. The van der Waals surface area contributed by atoms with Gasteiger partial charge in [0.2, 0.25) is 0 Å². The minimum absolute atomic E-state index is 0.186. The quantitative estimate of drug-likeness (QED) is 0.477. The second kappa shape index (κ2) is 9.91. The highest BCUT2D eigenvalue weighted by molar-refractivity contribution is 6.03. The van der Waals surface area contributed by atoms with Crippen molar-refractivity contribution in [3.8, 4) is 0 Å². The summed E-state index contributed by atoms with van der Waals surface area (Å²) in [5.41, 5.74) is 1.59. The van der Waals surface area contributed by atoms with E-state index in [0.29, 0.717) is 42.3 Å². The highest BCUT2D eigenvalue weighted by atomic mass is 19.4. The lowest BCUT2D eigenvalue weighted by Gasteiger charge is -2.31. The van der Waals surface area contributed by atoms with Gasteiger partial charge in [-0.1, -0.05) is 18.2 Å². The van der Waals surface area contributed by atoms with Gasteiger partial charge in [-0.25, -0.2) is 9.78 Å². The van der Waals surface area contributed by atoms with Gasteiger partial charge in [-0.3, -0.25) is 4.79 Å². The Morgan fingerprint density at radius 3 is 2.54 bits per heavy atom. The molecule has 1 N–H and O–H groups in total. The number of aryl methyl sites for hydroxylation is 1. The molecule has 2 amide bonds. The number of ether oxygens (including phenoxy) is 1. The lowest BCUT2D eigenvalue weighted by Crippen LogP contribution is -2.39. The first-order valence-electron chi connectivity index (χ1n) is 11.9. The predicted molar refractivity (Wildman–Crippen MR) is 132 cm³/mol. The van der Waals surface area contributed by atoms with E-state index >= 15 is 0 Å². The van der Waals surface area contributed by atoms with Crippen molar-refractivity contribution >= 4 is 17.8 Å². The van der Waals surface area contributed by atoms with Gasteiger partial charge in [-0.15, -0.1) is 0 Å². The molecule has 37 heavy (non-hydrogen) atoms. The van der Waals surface area contributed by atoms with Gasteiger partial charge >= 0.3 is 12.3 Å². The molecule has 10 heteroatoms. The van der Waals surface area contributed by atoms with E-state index in [1.54, 1.807) is 34.7 Å². The molecule has 7 nitrogen and oxygen atoms in total. The third-order valence-corrected chi connectivity index (χ3v) is 5.96. The van der Waals surface area contributed by atoms with Gasteiger partial charge in [-0.05, 0) is 75.1 Å². The summed E-state index contributed by atoms with van der Waals surface area (Å²) in [4.78, 5) is 31.3. The lowest BCUT2D eigenvalue weighted by molar-refractivity contribution is -0.137. The number of benzene rings is 2. The molecule has 2 aromatic carbocycles. The number of rotatable bonds is 4. The zero-order valence-corrected chi connectivity index (χ0v) is 21.1. The Bertz CT molecular complexity index is 1330. The topological polar surface area (TPSA) is 76.5 Å². The summed E-state index contributed by atoms with van der Waals surface area (Å²) >= 11 is 0. The van der Waals surface area contributed by atoms with E-state index in [2.05, 4.69) is 10.3 Å². The second-order valence-corrected chi connectivity index (χ2v) is 10.1. The van der Waals surface area contributed by atoms with Gasteiger partial charge in [0, 0.05) is 31.4 Å². The van der Waals surface area contributed by atoms with E-state index in [-0.39, 0.29) is 18.5 Å². The average Bonchev–Trinajstić information content (AvgIpc) is 3.15. The van der Waals surface area contributed by atoms with Gasteiger partial charge in [0.15, 0.2) is 5.82 Å². The van der Waals surface area contributed by atoms with Crippen molar-refractivity contribution in [3.63, 3.8) is 0 Å². The number of imidazole rings is 1. The monoisotopic (exact) mass is 514 g/mol. The van der Waals surface area contributed by atoms with E-state index in [9.17, 15) is 22.8 Å². The van der Waals surface area contributed by atoms with Crippen LogP contribution in [0.1, 0.15) is 59.2 Å². The van der Waals surface area contributed by atoms with E-state index in [1.165, 1.54) is 6.07 Å². The van der Waals surface area contributed by atoms with E-state index < -0.39 is 17.3 Å². The van der Waals surface area contributed by atoms with Crippen LogP contribution in [0.2, 0.25) is 0 Å². The number of nitrogens with zero attached hydrogens (tertiary/aromatic N) is 3. The smallest absolute Gasteiger partial charge is 0.416 e. The van der Waals surface area contributed by atoms with E-state index in [4.69, 9.17) is 4.74 Å². The summed E-state index contributed by atoms with van der Waals surface area (Å²) in [6.45, 7) is 8.28. The van der Waals surface area contributed by atoms with Crippen LogP contribution in [0.5, 0.6) is 0 Å². The normalized spacial score (nSPS) is 13.8. The standard InChI is InChI=1S/C27H29F3N4O3/c1-17-31-23(16-34(17)14-18-6-5-7-22(12-18)27(28,29)30)32-24(35)20-8-9-21-15-33(11-10-19(21)13-20)25(36)37-26(2,3)4/h5-9,12-13,16H,10-11,14-15H2,1-4H3,(H,32,35). The zero-order valence-electron chi connectivity index (χ0n) is 21.1. The molecule has 3 aromatic rings. The van der Waals surface area contributed by atoms with Crippen LogP contribution in [-0.2, 0) is 30.4 Å². The molecule has 1 aliphatic heterocycles. The molecular weight excluding hydrogens is 485 g/mol. The van der Waals surface area contributed by atoms with Gasteiger partial charge in [0.1, 0.15) is 11.4 Å². The van der Waals surface area contributed by atoms with Gasteiger partial charge in [0.05, 0.1) is 5.56 Å². The number of carbonyl (C=O) groups excluding carboxylic acids is 2. The molecule has 0 atom stereocenters. The Morgan fingerprint density at radius 2 is 1.84 bits per heavy atom. The Kier molecular flexibility index (Phi) is 7.03. The minimum Gasteiger partial charge on any atom is -0.444 e. The summed E-state index contributed by atoms with van der Waals surface area (Å²) in [5.74, 6) is 0.518. The highest BCUT2D eigenvalue weighted by Crippen LogP contribution is 2.30. The number of anilines is 1. The van der Waals surface area contributed by atoms with Crippen LogP contribution >= 0.6 is 0 Å². The first-order valence-corrected chi connectivity index (χ1v) is 11.9. The fraction of sp³-hybridized carbons (Fsp3) is 0.370. The minimum atomic E-state index is -4.41. The van der Waals surface area contributed by atoms with Crippen molar-refractivity contribution in [1.29, 1.82) is 0 Å². The molecule has 196 valence electrons. The number of hydrogen-bond acceptors (Lipinski definition) is 4. The maximum atomic E-state index is 13.0. The first-order chi connectivity index (χ1) is 17.3. The maximum absolute atomic E-state index is 13.0. The van der Waals surface area contributed by atoms with E-state index in [1.807, 2.05) is 32.9 Å². The number of alkyl halides is 3. The molecular formula is C27H29F3N4O3. The maximum Gasteiger partial charge on any atom is 0.416 e. The number of carbonyl (C=O) groups is 2. The number of fused-ring (bicyclic) bond motifs is 1. The van der Waals surface area contributed by atoms with Crippen LogP contribution in [0.15, 0.2) is 48.7 Å². The number of amides is 2. The largest absolute Gasteiger partial charge is 0.444 e. The zero-order chi connectivity index (χ0) is 27.0. The number of nitrogens with one attached hydrogen (secondary N) is 1. The third kappa shape index (κ3) is 6.49. The molecule has 0 spiro atoms. The highest BCUT2D eigenvalue weighted by Gasteiger charge is 2.30. The fourth-order valence-corrected chi connectivity index (χ4v) is 4.14. The molecule has 0 bridgehead atoms. The Balaban J connectivity index is 1.42. The van der Waals surface area contributed by atoms with Crippen molar-refractivity contribution < 1.29 is 27.5 Å². The second-order valence-electron chi connectivity index (χ2n) is 10.1. The van der Waals surface area contributed by atoms with Crippen LogP contribution < -0.4 is 5.32 Å². The molecule has 4 rings (SSSR count). The number of hydrogen-bond donors (Lipinski definition) is 1. The molecule has 0 saturated heterocycles. The summed E-state index contributed by atoms with van der Waals surface area (Å²) in [7, 11) is 0. The van der Waals surface area contributed by atoms with Gasteiger partial charge < -0.3 is 19.5 Å². The van der Waals surface area contributed by atoms with Crippen LogP contribution in [0.4, 0.5) is 23.8 Å². The van der Waals surface area contributed by atoms with Crippen LogP contribution in [0, 0.1) is 6.92 Å². The van der Waals surface area contributed by atoms with E-state index in [0.717, 1.165) is 23.3 Å².